The standard InChI is InChI=1S/C16H14O3/c1-3-5-11-12(6-4-2)16(19)14-9-10(17)7-8-13(14)15(11)18/h3-4,7-9,17H,1-2,5-6H2. The van der Waals surface area contributed by atoms with Crippen molar-refractivity contribution in [1.29, 1.82) is 0 Å². The molecule has 1 aromatic carbocycles. The first kappa shape index (κ1) is 13.0. The lowest BCUT2D eigenvalue weighted by Crippen LogP contribution is -2.21. The van der Waals surface area contributed by atoms with Crippen molar-refractivity contribution in [2.75, 3.05) is 0 Å². The Balaban J connectivity index is 2.65. The monoisotopic (exact) mass is 254 g/mol. The zero-order valence-electron chi connectivity index (χ0n) is 10.5. The van der Waals surface area contributed by atoms with Crippen LogP contribution in [0.2, 0.25) is 0 Å². The van der Waals surface area contributed by atoms with Crippen molar-refractivity contribution >= 4 is 11.6 Å². The fourth-order valence-corrected chi connectivity index (χ4v) is 2.24. The van der Waals surface area contributed by atoms with Gasteiger partial charge in [0.15, 0.2) is 11.6 Å². The Hall–Kier alpha value is -2.42. The average molecular weight is 254 g/mol. The molecule has 3 heteroatoms. The van der Waals surface area contributed by atoms with Gasteiger partial charge < -0.3 is 5.11 Å². The van der Waals surface area contributed by atoms with Crippen molar-refractivity contribution in [1.82, 2.24) is 0 Å². The second kappa shape index (κ2) is 5.06. The van der Waals surface area contributed by atoms with Crippen LogP contribution >= 0.6 is 0 Å². The summed E-state index contributed by atoms with van der Waals surface area (Å²) >= 11 is 0. The molecule has 0 aliphatic heterocycles. The van der Waals surface area contributed by atoms with Crippen LogP contribution in [0, 0.1) is 0 Å². The number of rotatable bonds is 4. The molecule has 0 heterocycles. The van der Waals surface area contributed by atoms with Gasteiger partial charge in [0.25, 0.3) is 0 Å². The molecule has 0 atom stereocenters. The van der Waals surface area contributed by atoms with Crippen molar-refractivity contribution in [3.8, 4) is 5.75 Å². The number of Topliss-reactive ketones (excluding diaryl/α,β-unsaturated/α-hetero) is 2. The fraction of sp³-hybridized carbons (Fsp3) is 0.125. The van der Waals surface area contributed by atoms with Crippen LogP contribution < -0.4 is 0 Å². The van der Waals surface area contributed by atoms with Crippen molar-refractivity contribution in [3.63, 3.8) is 0 Å². The Kier molecular flexibility index (Phi) is 3.47. The first-order valence-electron chi connectivity index (χ1n) is 5.96. The minimum absolute atomic E-state index is 0.0231. The van der Waals surface area contributed by atoms with E-state index >= 15 is 0 Å². The first-order valence-corrected chi connectivity index (χ1v) is 5.96. The van der Waals surface area contributed by atoms with Crippen LogP contribution in [0.25, 0.3) is 0 Å². The maximum atomic E-state index is 12.4. The molecular formula is C16H14O3. The van der Waals surface area contributed by atoms with Crippen LogP contribution in [0.3, 0.4) is 0 Å². The molecule has 0 saturated carbocycles. The lowest BCUT2D eigenvalue weighted by Gasteiger charge is -2.20. The molecule has 96 valence electrons. The van der Waals surface area contributed by atoms with Gasteiger partial charge in [-0.2, -0.15) is 0 Å². The summed E-state index contributed by atoms with van der Waals surface area (Å²) in [5, 5.41) is 9.46. The van der Waals surface area contributed by atoms with Crippen molar-refractivity contribution in [2.45, 2.75) is 12.8 Å². The Morgan fingerprint density at radius 2 is 1.47 bits per heavy atom. The molecular weight excluding hydrogens is 240 g/mol. The number of ketones is 2. The molecule has 0 aromatic heterocycles. The number of carbonyl (C=O) groups is 2. The Morgan fingerprint density at radius 1 is 0.947 bits per heavy atom. The van der Waals surface area contributed by atoms with Gasteiger partial charge in [-0.05, 0) is 31.0 Å². The number of carbonyl (C=O) groups excluding carboxylic acids is 2. The van der Waals surface area contributed by atoms with E-state index in [4.69, 9.17) is 0 Å². The molecule has 19 heavy (non-hydrogen) atoms. The Labute approximate surface area is 111 Å². The molecule has 1 aliphatic carbocycles. The fourth-order valence-electron chi connectivity index (χ4n) is 2.24. The van der Waals surface area contributed by atoms with E-state index < -0.39 is 0 Å². The molecule has 0 fully saturated rings. The lowest BCUT2D eigenvalue weighted by molar-refractivity contribution is 0.0971. The van der Waals surface area contributed by atoms with E-state index in [-0.39, 0.29) is 22.9 Å². The van der Waals surface area contributed by atoms with Gasteiger partial charge in [0.2, 0.25) is 0 Å². The van der Waals surface area contributed by atoms with E-state index in [1.807, 2.05) is 0 Å². The molecule has 1 aliphatic rings. The van der Waals surface area contributed by atoms with Gasteiger partial charge in [-0.15, -0.1) is 13.2 Å². The molecule has 3 nitrogen and oxygen atoms in total. The van der Waals surface area contributed by atoms with Gasteiger partial charge in [-0.1, -0.05) is 12.2 Å². The third kappa shape index (κ3) is 2.15. The third-order valence-electron chi connectivity index (χ3n) is 3.10. The largest absolute Gasteiger partial charge is 0.508 e. The van der Waals surface area contributed by atoms with E-state index in [1.54, 1.807) is 12.2 Å². The lowest BCUT2D eigenvalue weighted by atomic mass is 9.81. The summed E-state index contributed by atoms with van der Waals surface area (Å²) in [7, 11) is 0. The summed E-state index contributed by atoms with van der Waals surface area (Å²) in [5.41, 5.74) is 1.51. The highest BCUT2D eigenvalue weighted by molar-refractivity contribution is 6.27. The zero-order chi connectivity index (χ0) is 14.0. The molecule has 1 aromatic rings. The second-order valence-electron chi connectivity index (χ2n) is 4.33. The van der Waals surface area contributed by atoms with Gasteiger partial charge in [-0.3, -0.25) is 9.59 Å². The summed E-state index contributed by atoms with van der Waals surface area (Å²) in [6.45, 7) is 7.22. The second-order valence-corrected chi connectivity index (χ2v) is 4.33. The van der Waals surface area contributed by atoms with Gasteiger partial charge in [-0.25, -0.2) is 0 Å². The quantitative estimate of drug-likeness (QED) is 0.839. The predicted molar refractivity (Wildman–Crippen MR) is 73.4 cm³/mol. The Bertz CT molecular complexity index is 621. The number of allylic oxidation sites excluding steroid dienone is 4. The van der Waals surface area contributed by atoms with Crippen LogP contribution in [-0.4, -0.2) is 16.7 Å². The SMILES string of the molecule is C=CCC1=C(CC=C)C(=O)c2cc(O)ccc2C1=O. The number of aromatic hydroxyl groups is 1. The van der Waals surface area contributed by atoms with E-state index in [0.29, 0.717) is 29.6 Å². The molecule has 2 rings (SSSR count). The number of hydrogen-bond acceptors (Lipinski definition) is 3. The summed E-state index contributed by atoms with van der Waals surface area (Å²) in [6.07, 6.45) is 3.89. The van der Waals surface area contributed by atoms with Gasteiger partial charge in [0.1, 0.15) is 5.75 Å². The van der Waals surface area contributed by atoms with Gasteiger partial charge >= 0.3 is 0 Å². The van der Waals surface area contributed by atoms with E-state index in [1.165, 1.54) is 18.2 Å². The summed E-state index contributed by atoms with van der Waals surface area (Å²) in [4.78, 5) is 24.8. The minimum Gasteiger partial charge on any atom is -0.508 e. The van der Waals surface area contributed by atoms with E-state index in [0.717, 1.165) is 0 Å². The van der Waals surface area contributed by atoms with E-state index in [2.05, 4.69) is 13.2 Å². The maximum absolute atomic E-state index is 12.4. The Morgan fingerprint density at radius 3 is 2.00 bits per heavy atom. The number of phenolic OH excluding ortho intramolecular Hbond substituents is 1. The highest BCUT2D eigenvalue weighted by Gasteiger charge is 2.30. The average Bonchev–Trinajstić information content (AvgIpc) is 2.40. The highest BCUT2D eigenvalue weighted by atomic mass is 16.3. The van der Waals surface area contributed by atoms with Crippen LogP contribution in [0.5, 0.6) is 5.75 Å². The number of hydrogen-bond donors (Lipinski definition) is 1. The summed E-state index contributed by atoms with van der Waals surface area (Å²) in [6, 6.07) is 4.23. The predicted octanol–water partition coefficient (Wildman–Crippen LogP) is 3.22. The number of phenols is 1. The molecule has 0 saturated heterocycles. The van der Waals surface area contributed by atoms with Crippen molar-refractivity contribution in [2.24, 2.45) is 0 Å². The van der Waals surface area contributed by atoms with E-state index in [9.17, 15) is 14.7 Å². The van der Waals surface area contributed by atoms with Gasteiger partial charge in [0.05, 0.1) is 0 Å². The molecule has 0 spiro atoms. The number of fused-ring (bicyclic) bond motifs is 1. The van der Waals surface area contributed by atoms with Crippen molar-refractivity contribution in [3.05, 3.63) is 65.8 Å². The smallest absolute Gasteiger partial charge is 0.190 e. The van der Waals surface area contributed by atoms with Crippen molar-refractivity contribution < 1.29 is 14.7 Å². The van der Waals surface area contributed by atoms with Crippen LogP contribution in [-0.2, 0) is 0 Å². The summed E-state index contributed by atoms with van der Waals surface area (Å²) in [5.74, 6) is -0.418. The van der Waals surface area contributed by atoms with Crippen LogP contribution in [0.1, 0.15) is 33.6 Å². The first-order chi connectivity index (χ1) is 9.10. The molecule has 0 amide bonds. The van der Waals surface area contributed by atoms with Crippen LogP contribution in [0.4, 0.5) is 0 Å². The minimum atomic E-state index is -0.220. The zero-order valence-corrected chi connectivity index (χ0v) is 10.5. The number of benzene rings is 1. The normalized spacial score (nSPS) is 14.3. The highest BCUT2D eigenvalue weighted by Crippen LogP contribution is 2.31. The topological polar surface area (TPSA) is 54.4 Å². The molecule has 0 bridgehead atoms. The maximum Gasteiger partial charge on any atom is 0.190 e. The summed E-state index contributed by atoms with van der Waals surface area (Å²) < 4.78 is 0. The van der Waals surface area contributed by atoms with Crippen LogP contribution in [0.15, 0.2) is 54.7 Å². The van der Waals surface area contributed by atoms with Gasteiger partial charge in [0, 0.05) is 22.3 Å². The molecule has 0 unspecified atom stereocenters. The molecule has 0 radical (unpaired) electrons. The third-order valence-corrected chi connectivity index (χ3v) is 3.10. The molecule has 1 N–H and O–H groups in total.